The predicted molar refractivity (Wildman–Crippen MR) is 70.7 cm³/mol. The summed E-state index contributed by atoms with van der Waals surface area (Å²) in [6, 6.07) is 10.1. The lowest BCUT2D eigenvalue weighted by Gasteiger charge is -2.09. The fraction of sp³-hybridized carbons (Fsp3) is 0.200. The first-order valence-electron chi connectivity index (χ1n) is 6.15. The van der Waals surface area contributed by atoms with Crippen LogP contribution >= 0.6 is 0 Å². The number of aromatic nitrogens is 1. The molecule has 2 N–H and O–H groups in total. The highest BCUT2D eigenvalue weighted by atomic mass is 19.1. The standard InChI is InChI=1S/C15H12FN3/c16-11-5-3-9(4-6-11)12-7-14(10-1-2-10)19-15(18)13(12)8-17/h3-7,10H,1-2H2,(H2,18,19). The van der Waals surface area contributed by atoms with Crippen molar-refractivity contribution in [3.05, 3.63) is 47.4 Å². The molecule has 19 heavy (non-hydrogen) atoms. The van der Waals surface area contributed by atoms with Crippen LogP contribution in [0.1, 0.15) is 30.0 Å². The van der Waals surface area contributed by atoms with Gasteiger partial charge in [-0.2, -0.15) is 5.26 Å². The maximum atomic E-state index is 13.0. The Kier molecular flexibility index (Phi) is 2.68. The van der Waals surface area contributed by atoms with Gasteiger partial charge in [0.2, 0.25) is 0 Å². The zero-order valence-corrected chi connectivity index (χ0v) is 10.2. The molecule has 0 atom stereocenters. The van der Waals surface area contributed by atoms with Crippen molar-refractivity contribution in [3.63, 3.8) is 0 Å². The summed E-state index contributed by atoms with van der Waals surface area (Å²) in [5.74, 6) is 0.409. The van der Waals surface area contributed by atoms with Crippen LogP contribution in [-0.2, 0) is 0 Å². The van der Waals surface area contributed by atoms with Gasteiger partial charge in [0.05, 0.1) is 0 Å². The van der Waals surface area contributed by atoms with Crippen LogP contribution in [0.15, 0.2) is 30.3 Å². The molecule has 0 spiro atoms. The van der Waals surface area contributed by atoms with E-state index in [9.17, 15) is 9.65 Å². The highest BCUT2D eigenvalue weighted by Crippen LogP contribution is 2.41. The summed E-state index contributed by atoms with van der Waals surface area (Å²) in [5, 5.41) is 9.22. The molecule has 1 saturated carbocycles. The van der Waals surface area contributed by atoms with Gasteiger partial charge in [0.15, 0.2) is 0 Å². The molecule has 1 fully saturated rings. The molecule has 1 aliphatic carbocycles. The number of pyridine rings is 1. The van der Waals surface area contributed by atoms with Gasteiger partial charge in [0.25, 0.3) is 0 Å². The summed E-state index contributed by atoms with van der Waals surface area (Å²) in [5.41, 5.74) is 8.66. The zero-order chi connectivity index (χ0) is 13.4. The first-order chi connectivity index (χ1) is 9.19. The predicted octanol–water partition coefficient (Wildman–Crippen LogP) is 3.22. The van der Waals surface area contributed by atoms with E-state index in [0.29, 0.717) is 11.5 Å². The Morgan fingerprint density at radius 2 is 1.95 bits per heavy atom. The number of halogens is 1. The summed E-state index contributed by atoms with van der Waals surface area (Å²) in [6.45, 7) is 0. The molecule has 0 aliphatic heterocycles. The number of nitrogens with two attached hydrogens (primary N) is 1. The van der Waals surface area contributed by atoms with Gasteiger partial charge in [-0.3, -0.25) is 0 Å². The molecule has 0 amide bonds. The van der Waals surface area contributed by atoms with Gasteiger partial charge in [0, 0.05) is 17.2 Å². The van der Waals surface area contributed by atoms with Gasteiger partial charge in [-0.15, -0.1) is 0 Å². The van der Waals surface area contributed by atoms with Gasteiger partial charge in [-0.05, 0) is 36.6 Å². The van der Waals surface area contributed by atoms with Gasteiger partial charge in [0.1, 0.15) is 23.3 Å². The first-order valence-corrected chi connectivity index (χ1v) is 6.15. The van der Waals surface area contributed by atoms with E-state index in [1.807, 2.05) is 6.07 Å². The maximum Gasteiger partial charge on any atom is 0.142 e. The zero-order valence-electron chi connectivity index (χ0n) is 10.2. The quantitative estimate of drug-likeness (QED) is 0.893. The maximum absolute atomic E-state index is 13.0. The number of anilines is 1. The second kappa shape index (κ2) is 4.36. The molecule has 4 heteroatoms. The minimum Gasteiger partial charge on any atom is -0.383 e. The van der Waals surface area contributed by atoms with Gasteiger partial charge < -0.3 is 5.73 Å². The van der Waals surface area contributed by atoms with E-state index in [1.54, 1.807) is 12.1 Å². The summed E-state index contributed by atoms with van der Waals surface area (Å²) < 4.78 is 13.0. The number of nitriles is 1. The summed E-state index contributed by atoms with van der Waals surface area (Å²) in [4.78, 5) is 4.29. The smallest absolute Gasteiger partial charge is 0.142 e. The highest BCUT2D eigenvalue weighted by molar-refractivity contribution is 5.75. The largest absolute Gasteiger partial charge is 0.383 e. The average Bonchev–Trinajstić information content (AvgIpc) is 3.23. The summed E-state index contributed by atoms with van der Waals surface area (Å²) in [6.07, 6.45) is 2.22. The molecule has 3 nitrogen and oxygen atoms in total. The van der Waals surface area contributed by atoms with Crippen molar-refractivity contribution in [2.24, 2.45) is 0 Å². The Labute approximate surface area is 110 Å². The second-order valence-corrected chi connectivity index (χ2v) is 4.75. The Balaban J connectivity index is 2.17. The lowest BCUT2D eigenvalue weighted by Crippen LogP contribution is -2.01. The molecule has 2 aromatic rings. The van der Waals surface area contributed by atoms with E-state index in [0.717, 1.165) is 29.7 Å². The fourth-order valence-corrected chi connectivity index (χ4v) is 2.15. The number of benzene rings is 1. The van der Waals surface area contributed by atoms with Crippen molar-refractivity contribution >= 4 is 5.82 Å². The molecular weight excluding hydrogens is 241 g/mol. The molecule has 0 bridgehead atoms. The number of nitrogens with zero attached hydrogens (tertiary/aromatic N) is 2. The topological polar surface area (TPSA) is 62.7 Å². The molecule has 0 unspecified atom stereocenters. The monoisotopic (exact) mass is 253 g/mol. The van der Waals surface area contributed by atoms with Crippen molar-refractivity contribution < 1.29 is 4.39 Å². The van der Waals surface area contributed by atoms with Crippen LogP contribution in [0.4, 0.5) is 10.2 Å². The summed E-state index contributed by atoms with van der Waals surface area (Å²) in [7, 11) is 0. The van der Waals surface area contributed by atoms with Crippen molar-refractivity contribution in [2.45, 2.75) is 18.8 Å². The van der Waals surface area contributed by atoms with E-state index < -0.39 is 0 Å². The number of rotatable bonds is 2. The third kappa shape index (κ3) is 2.15. The van der Waals surface area contributed by atoms with Gasteiger partial charge in [-0.1, -0.05) is 12.1 Å². The third-order valence-corrected chi connectivity index (χ3v) is 3.33. The molecule has 1 aromatic heterocycles. The van der Waals surface area contributed by atoms with Crippen LogP contribution in [0.2, 0.25) is 0 Å². The lowest BCUT2D eigenvalue weighted by molar-refractivity contribution is 0.628. The van der Waals surface area contributed by atoms with Crippen LogP contribution in [0.5, 0.6) is 0 Å². The highest BCUT2D eigenvalue weighted by Gasteiger charge is 2.27. The van der Waals surface area contributed by atoms with Crippen LogP contribution in [0.25, 0.3) is 11.1 Å². The van der Waals surface area contributed by atoms with Gasteiger partial charge >= 0.3 is 0 Å². The SMILES string of the molecule is N#Cc1c(-c2ccc(F)cc2)cc(C2CC2)nc1N. The fourth-order valence-electron chi connectivity index (χ4n) is 2.15. The number of hydrogen-bond acceptors (Lipinski definition) is 3. The van der Waals surface area contributed by atoms with Crippen LogP contribution in [-0.4, -0.2) is 4.98 Å². The van der Waals surface area contributed by atoms with Crippen molar-refractivity contribution in [2.75, 3.05) is 5.73 Å². The lowest BCUT2D eigenvalue weighted by atomic mass is 9.99. The molecule has 1 aliphatic rings. The number of nitrogen functional groups attached to an aromatic ring is 1. The first kappa shape index (κ1) is 11.7. The van der Waals surface area contributed by atoms with Crippen LogP contribution in [0.3, 0.4) is 0 Å². The van der Waals surface area contributed by atoms with E-state index in [-0.39, 0.29) is 11.6 Å². The van der Waals surface area contributed by atoms with Crippen molar-refractivity contribution in [1.29, 1.82) is 5.26 Å². The van der Waals surface area contributed by atoms with E-state index in [2.05, 4.69) is 11.1 Å². The minimum atomic E-state index is -0.299. The second-order valence-electron chi connectivity index (χ2n) is 4.75. The molecule has 94 valence electrons. The minimum absolute atomic E-state index is 0.256. The molecule has 1 aromatic carbocycles. The van der Waals surface area contributed by atoms with E-state index in [1.165, 1.54) is 12.1 Å². The van der Waals surface area contributed by atoms with Crippen LogP contribution < -0.4 is 5.73 Å². The number of hydrogen-bond donors (Lipinski definition) is 1. The third-order valence-electron chi connectivity index (χ3n) is 3.33. The molecule has 3 rings (SSSR count). The van der Waals surface area contributed by atoms with Crippen LogP contribution in [0, 0.1) is 17.1 Å². The summed E-state index contributed by atoms with van der Waals surface area (Å²) >= 11 is 0. The van der Waals surface area contributed by atoms with Gasteiger partial charge in [-0.25, -0.2) is 9.37 Å². The Bertz CT molecular complexity index is 667. The average molecular weight is 253 g/mol. The molecule has 0 radical (unpaired) electrons. The van der Waals surface area contributed by atoms with E-state index >= 15 is 0 Å². The van der Waals surface area contributed by atoms with Crippen molar-refractivity contribution in [1.82, 2.24) is 4.98 Å². The Morgan fingerprint density at radius 3 is 2.53 bits per heavy atom. The molecule has 0 saturated heterocycles. The Hall–Kier alpha value is -2.41. The van der Waals surface area contributed by atoms with Crippen molar-refractivity contribution in [3.8, 4) is 17.2 Å². The molecule has 1 heterocycles. The normalized spacial score (nSPS) is 14.1. The van der Waals surface area contributed by atoms with E-state index in [4.69, 9.17) is 5.73 Å². The Morgan fingerprint density at radius 1 is 1.26 bits per heavy atom. The molecular formula is C15H12FN3.